The molecule has 0 fully saturated rings. The second kappa shape index (κ2) is 26.1. The molecule has 1 N–H and O–H groups in total. The number of hydrogen-bond acceptors (Lipinski definition) is 2. The van der Waals surface area contributed by atoms with Gasteiger partial charge in [0.05, 0.1) is 13.0 Å². The highest BCUT2D eigenvalue weighted by Gasteiger charge is 2.01. The first-order valence-electron chi connectivity index (χ1n) is 17.1. The van der Waals surface area contributed by atoms with E-state index in [4.69, 9.17) is 14.3 Å². The minimum atomic E-state index is 0.613. The van der Waals surface area contributed by atoms with Crippen LogP contribution in [0, 0.1) is 0 Å². The molecule has 0 saturated carbocycles. The van der Waals surface area contributed by atoms with Gasteiger partial charge >= 0.3 is 0 Å². The van der Waals surface area contributed by atoms with Crippen LogP contribution >= 0.6 is 0 Å². The lowest BCUT2D eigenvalue weighted by molar-refractivity contribution is 0.0975. The van der Waals surface area contributed by atoms with Gasteiger partial charge in [0, 0.05) is 12.0 Å². The Bertz CT molecular complexity index is 828. The molecule has 0 heterocycles. The van der Waals surface area contributed by atoms with E-state index in [1.807, 2.05) is 6.07 Å². The largest absolute Gasteiger partial charge is 0.491 e. The summed E-state index contributed by atoms with van der Waals surface area (Å²) in [6.45, 7) is 2.13. The van der Waals surface area contributed by atoms with Gasteiger partial charge in [-0.05, 0) is 24.3 Å². The minimum Gasteiger partial charge on any atom is -0.491 e. The number of carbonyl (C=O) groups excluding carboxylic acids is 1. The number of ether oxygens (including phenoxy) is 2. The molecule has 3 nitrogen and oxygen atoms in total. The van der Waals surface area contributed by atoms with E-state index in [0.717, 1.165) is 25.2 Å². The molecule has 2 aromatic rings. The number of unbranched alkanes of at least 4 members (excludes halogenated alkanes) is 22. The molecular weight excluding hydrogens is 492 g/mol. The van der Waals surface area contributed by atoms with Gasteiger partial charge in [-0.1, -0.05) is 165 Å². The van der Waals surface area contributed by atoms with Crippen molar-refractivity contribution in [3.63, 3.8) is 0 Å². The van der Waals surface area contributed by atoms with Crippen molar-refractivity contribution in [1.82, 2.24) is 0 Å². The standard InChI is InChI=1S/C37H60O3/c38-31-24-20-18-16-14-12-10-8-6-4-2-1-3-5-7-9-11-13-15-17-19-21-25-32-39-33-34-40-37-30-26-28-35-27-22-23-29-36(35)37/h22-23,26-31H,1-21,24-25,32-34H2/p+1. The van der Waals surface area contributed by atoms with Crippen LogP contribution in [0.1, 0.15) is 148 Å². The predicted molar refractivity (Wildman–Crippen MR) is 174 cm³/mol. The zero-order valence-electron chi connectivity index (χ0n) is 25.8. The molecule has 2 aromatic carbocycles. The maximum Gasteiger partial charge on any atom is 0.281 e. The van der Waals surface area contributed by atoms with Gasteiger partial charge in [0.2, 0.25) is 0 Å². The first-order chi connectivity index (χ1) is 19.9. The van der Waals surface area contributed by atoms with Crippen LogP contribution in [0.15, 0.2) is 42.5 Å². The Morgan fingerprint density at radius 1 is 0.450 bits per heavy atom. The van der Waals surface area contributed by atoms with E-state index in [1.54, 1.807) is 0 Å². The topological polar surface area (TPSA) is 39.9 Å². The van der Waals surface area contributed by atoms with E-state index in [0.29, 0.717) is 13.2 Å². The summed E-state index contributed by atoms with van der Waals surface area (Å²) >= 11 is 0. The predicted octanol–water partition coefficient (Wildman–Crippen LogP) is 11.4. The molecule has 0 aliphatic rings. The molecule has 0 amide bonds. The summed E-state index contributed by atoms with van der Waals surface area (Å²) in [4.78, 5) is 8.66. The van der Waals surface area contributed by atoms with Crippen molar-refractivity contribution >= 4 is 17.1 Å². The zero-order valence-corrected chi connectivity index (χ0v) is 25.8. The van der Waals surface area contributed by atoms with E-state index >= 15 is 0 Å². The monoisotopic (exact) mass is 553 g/mol. The van der Waals surface area contributed by atoms with Crippen LogP contribution < -0.4 is 4.74 Å². The Balaban J connectivity index is 1.21. The molecule has 0 spiro atoms. The van der Waals surface area contributed by atoms with Crippen LogP contribution in [0.25, 0.3) is 10.8 Å². The summed E-state index contributed by atoms with van der Waals surface area (Å²) in [7, 11) is 0. The van der Waals surface area contributed by atoms with Gasteiger partial charge in [0.1, 0.15) is 12.4 Å². The summed E-state index contributed by atoms with van der Waals surface area (Å²) < 4.78 is 11.7. The van der Waals surface area contributed by atoms with Gasteiger partial charge in [0.25, 0.3) is 6.29 Å². The van der Waals surface area contributed by atoms with Crippen molar-refractivity contribution in [1.29, 1.82) is 0 Å². The van der Waals surface area contributed by atoms with E-state index in [1.165, 1.54) is 152 Å². The molecule has 226 valence electrons. The van der Waals surface area contributed by atoms with Gasteiger partial charge < -0.3 is 9.47 Å². The molecule has 40 heavy (non-hydrogen) atoms. The smallest absolute Gasteiger partial charge is 0.281 e. The molecule has 0 atom stereocenters. The van der Waals surface area contributed by atoms with Crippen molar-refractivity contribution in [3.05, 3.63) is 42.5 Å². The summed E-state index contributed by atoms with van der Waals surface area (Å²) in [5, 5.41) is 2.39. The highest BCUT2D eigenvalue weighted by Crippen LogP contribution is 2.25. The zero-order chi connectivity index (χ0) is 28.2. The average Bonchev–Trinajstić information content (AvgIpc) is 2.98. The number of benzene rings is 2. The number of hydrogen-bond donors (Lipinski definition) is 0. The number of aldehydes is 1. The molecule has 3 heteroatoms. The fraction of sp³-hybridized carbons (Fsp3) is 0.703. The van der Waals surface area contributed by atoms with Gasteiger partial charge in [-0.3, -0.25) is 4.79 Å². The summed E-state index contributed by atoms with van der Waals surface area (Å²) in [6, 6.07) is 14.6. The first kappa shape index (κ1) is 34.3. The second-order valence-electron chi connectivity index (χ2n) is 11.7. The molecule has 0 aromatic heterocycles. The van der Waals surface area contributed by atoms with E-state index < -0.39 is 0 Å². The maximum absolute atomic E-state index is 8.66. The van der Waals surface area contributed by atoms with Crippen molar-refractivity contribution < 1.29 is 14.3 Å². The van der Waals surface area contributed by atoms with Gasteiger partial charge in [-0.25, -0.2) is 0 Å². The van der Waals surface area contributed by atoms with E-state index in [9.17, 15) is 0 Å². The van der Waals surface area contributed by atoms with Crippen LogP contribution in [-0.2, 0) is 4.74 Å². The van der Waals surface area contributed by atoms with Crippen LogP contribution in [0.3, 0.4) is 0 Å². The molecular formula is C37H61O3+. The molecule has 0 radical (unpaired) electrons. The molecule has 0 saturated heterocycles. The Hall–Kier alpha value is -1.87. The average molecular weight is 554 g/mol. The van der Waals surface area contributed by atoms with E-state index in [2.05, 4.69) is 36.4 Å². The van der Waals surface area contributed by atoms with Gasteiger partial charge in [-0.2, -0.15) is 0 Å². The van der Waals surface area contributed by atoms with Crippen LogP contribution in [0.5, 0.6) is 5.75 Å². The maximum atomic E-state index is 8.66. The Morgan fingerprint density at radius 3 is 1.43 bits per heavy atom. The summed E-state index contributed by atoms with van der Waals surface area (Å²) in [5.41, 5.74) is 0. The van der Waals surface area contributed by atoms with Gasteiger partial charge in [0.15, 0.2) is 0 Å². The fourth-order valence-electron chi connectivity index (χ4n) is 5.61. The molecule has 2 rings (SSSR count). The third-order valence-corrected chi connectivity index (χ3v) is 8.11. The van der Waals surface area contributed by atoms with Crippen molar-refractivity contribution in [3.8, 4) is 5.75 Å². The minimum absolute atomic E-state index is 0.613. The quantitative estimate of drug-likeness (QED) is 0.0571. The van der Waals surface area contributed by atoms with E-state index in [-0.39, 0.29) is 0 Å². The third kappa shape index (κ3) is 18.5. The van der Waals surface area contributed by atoms with Gasteiger partial charge in [-0.15, -0.1) is 0 Å². The summed E-state index contributed by atoms with van der Waals surface area (Å²) in [6.07, 6.45) is 32.6. The highest BCUT2D eigenvalue weighted by molar-refractivity contribution is 5.88. The lowest BCUT2D eigenvalue weighted by Gasteiger charge is -2.10. The van der Waals surface area contributed by atoms with Crippen LogP contribution in [0.2, 0.25) is 0 Å². The van der Waals surface area contributed by atoms with Crippen molar-refractivity contribution in [2.75, 3.05) is 19.8 Å². The second-order valence-corrected chi connectivity index (χ2v) is 11.7. The SMILES string of the molecule is [OH+]=CCCCCCCCCCCCCCCCCCCCCCCCCOCCOc1cccc2ccccc12. The molecule has 0 aliphatic heterocycles. The lowest BCUT2D eigenvalue weighted by atomic mass is 10.0. The van der Waals surface area contributed by atoms with Crippen LogP contribution in [0.4, 0.5) is 0 Å². The number of fused-ring (bicyclic) bond motifs is 1. The Labute approximate surface area is 246 Å². The molecule has 0 bridgehead atoms. The first-order valence-corrected chi connectivity index (χ1v) is 17.1. The van der Waals surface area contributed by atoms with Crippen molar-refractivity contribution in [2.45, 2.75) is 148 Å². The fourth-order valence-corrected chi connectivity index (χ4v) is 5.61. The molecule has 0 aliphatic carbocycles. The summed E-state index contributed by atoms with van der Waals surface area (Å²) in [5.74, 6) is 0.950. The Morgan fingerprint density at radius 2 is 0.900 bits per heavy atom. The highest BCUT2D eigenvalue weighted by atomic mass is 16.5. The van der Waals surface area contributed by atoms with Crippen LogP contribution in [-0.4, -0.2) is 30.9 Å². The third-order valence-electron chi connectivity index (χ3n) is 8.11. The van der Waals surface area contributed by atoms with Crippen molar-refractivity contribution in [2.24, 2.45) is 0 Å². The number of rotatable bonds is 29. The molecule has 0 unspecified atom stereocenters. The lowest BCUT2D eigenvalue weighted by Crippen LogP contribution is -2.07. The Kier molecular flexibility index (Phi) is 22.4. The normalized spacial score (nSPS) is 11.3.